The molecule has 1 aromatic heterocycles. The number of aliphatic hydroxyl groups is 1. The van der Waals surface area contributed by atoms with Crippen molar-refractivity contribution in [2.24, 2.45) is 0 Å². The predicted octanol–water partition coefficient (Wildman–Crippen LogP) is 3.64. The van der Waals surface area contributed by atoms with Crippen molar-refractivity contribution < 1.29 is 18.7 Å². The van der Waals surface area contributed by atoms with Crippen LogP contribution >= 0.6 is 11.6 Å². The highest BCUT2D eigenvalue weighted by atomic mass is 35.5. The van der Waals surface area contributed by atoms with E-state index in [4.69, 9.17) is 16.9 Å². The molecule has 3 rings (SSSR count). The fourth-order valence-electron chi connectivity index (χ4n) is 3.45. The van der Waals surface area contributed by atoms with E-state index in [9.17, 15) is 14.3 Å². The number of fused-ring (bicyclic) bond motifs is 1. The number of benzene rings is 1. The Hall–Kier alpha value is -2.56. The topological polar surface area (TPSA) is 86.0 Å². The molecule has 1 aliphatic rings. The molecule has 5 nitrogen and oxygen atoms in total. The average molecular weight is 406 g/mol. The summed E-state index contributed by atoms with van der Waals surface area (Å²) in [4.78, 5) is 16.8. The van der Waals surface area contributed by atoms with Gasteiger partial charge in [0.2, 0.25) is 5.67 Å². The lowest BCUT2D eigenvalue weighted by molar-refractivity contribution is -0.137. The van der Waals surface area contributed by atoms with Gasteiger partial charge in [0.25, 0.3) is 5.91 Å². The molecule has 2 aromatic rings. The molecule has 0 spiro atoms. The summed E-state index contributed by atoms with van der Waals surface area (Å²) in [6, 6.07) is 8.61. The Balaban J connectivity index is 1.85. The van der Waals surface area contributed by atoms with Gasteiger partial charge >= 0.3 is 0 Å². The van der Waals surface area contributed by atoms with Crippen LogP contribution in [0.1, 0.15) is 42.5 Å². The highest BCUT2D eigenvalue weighted by Gasteiger charge is 2.51. The largest absolute Gasteiger partial charge is 0.384 e. The molecule has 0 saturated carbocycles. The van der Waals surface area contributed by atoms with E-state index in [-0.39, 0.29) is 48.5 Å². The molecule has 1 aliphatic carbocycles. The van der Waals surface area contributed by atoms with Crippen LogP contribution in [0.2, 0.25) is 5.02 Å². The van der Waals surface area contributed by atoms with Crippen molar-refractivity contribution in [2.45, 2.75) is 43.5 Å². The van der Waals surface area contributed by atoms with Gasteiger partial charge in [-0.25, -0.2) is 8.78 Å². The molecule has 1 aromatic carbocycles. The Bertz CT molecular complexity index is 949. The third kappa shape index (κ3) is 3.71. The molecule has 1 amide bonds. The van der Waals surface area contributed by atoms with Crippen LogP contribution in [0.5, 0.6) is 0 Å². The Kier molecular flexibility index (Phi) is 5.64. The minimum absolute atomic E-state index is 0.00982. The molecule has 1 heterocycles. The number of rotatable bonds is 5. The number of alkyl halides is 1. The number of carbonyl (C=O) groups is 1. The molecular weight excluding hydrogens is 388 g/mol. The summed E-state index contributed by atoms with van der Waals surface area (Å²) in [6.07, 6.45) is 1.31. The molecule has 2 atom stereocenters. The lowest BCUT2D eigenvalue weighted by Crippen LogP contribution is -2.47. The number of aromatic nitrogens is 1. The maximum Gasteiger partial charge on any atom is 0.262 e. The average Bonchev–Trinajstić information content (AvgIpc) is 2.69. The first-order valence-electron chi connectivity index (χ1n) is 8.76. The minimum Gasteiger partial charge on any atom is -0.384 e. The van der Waals surface area contributed by atoms with Gasteiger partial charge in [-0.3, -0.25) is 9.78 Å². The molecule has 0 aliphatic heterocycles. The molecule has 2 N–H and O–H groups in total. The Morgan fingerprint density at radius 3 is 2.89 bits per heavy atom. The zero-order chi connectivity index (χ0) is 20.4. The van der Waals surface area contributed by atoms with E-state index >= 15 is 4.39 Å². The highest BCUT2D eigenvalue weighted by Crippen LogP contribution is 2.47. The van der Waals surface area contributed by atoms with Crippen molar-refractivity contribution in [1.29, 1.82) is 5.26 Å². The van der Waals surface area contributed by atoms with Gasteiger partial charge < -0.3 is 10.4 Å². The summed E-state index contributed by atoms with van der Waals surface area (Å²) in [5, 5.41) is 22.3. The van der Waals surface area contributed by atoms with Crippen LogP contribution in [0.25, 0.3) is 0 Å². The van der Waals surface area contributed by atoms with Crippen LogP contribution < -0.4 is 5.32 Å². The summed E-state index contributed by atoms with van der Waals surface area (Å²) in [7, 11) is 0. The monoisotopic (exact) mass is 405 g/mol. The predicted molar refractivity (Wildman–Crippen MR) is 98.3 cm³/mol. The fourth-order valence-corrected chi connectivity index (χ4v) is 3.68. The third-order valence-corrected chi connectivity index (χ3v) is 5.38. The fraction of sp³-hybridized carbons (Fsp3) is 0.350. The summed E-state index contributed by atoms with van der Waals surface area (Å²) in [5.74, 6) is -1.39. The zero-order valence-electron chi connectivity index (χ0n) is 14.9. The molecular formula is C20H18ClF2N3O2. The first kappa shape index (κ1) is 20.2. The van der Waals surface area contributed by atoms with Crippen molar-refractivity contribution in [3.63, 3.8) is 0 Å². The number of hydrogen-bond acceptors (Lipinski definition) is 4. The van der Waals surface area contributed by atoms with E-state index in [1.54, 1.807) is 0 Å². The van der Waals surface area contributed by atoms with E-state index in [2.05, 4.69) is 10.3 Å². The lowest BCUT2D eigenvalue weighted by Gasteiger charge is -2.39. The van der Waals surface area contributed by atoms with Crippen LogP contribution in [-0.4, -0.2) is 16.0 Å². The van der Waals surface area contributed by atoms with E-state index in [1.165, 1.54) is 30.5 Å². The Labute approximate surface area is 166 Å². The number of amides is 1. The molecule has 0 unspecified atom stereocenters. The molecule has 146 valence electrons. The summed E-state index contributed by atoms with van der Waals surface area (Å²) in [5.41, 5.74) is -3.32. The normalized spacial score (nSPS) is 23.5. The van der Waals surface area contributed by atoms with Crippen LogP contribution in [0.15, 0.2) is 36.5 Å². The number of nitriles is 1. The van der Waals surface area contributed by atoms with Crippen molar-refractivity contribution in [1.82, 2.24) is 10.3 Å². The van der Waals surface area contributed by atoms with Gasteiger partial charge in [-0.05, 0) is 43.0 Å². The van der Waals surface area contributed by atoms with Crippen LogP contribution in [0.3, 0.4) is 0 Å². The first-order valence-corrected chi connectivity index (χ1v) is 9.14. The molecule has 28 heavy (non-hydrogen) atoms. The van der Waals surface area contributed by atoms with Gasteiger partial charge in [0, 0.05) is 29.7 Å². The number of carbonyl (C=O) groups excluding carboxylic acids is 1. The van der Waals surface area contributed by atoms with Crippen molar-refractivity contribution >= 4 is 17.5 Å². The molecule has 0 radical (unpaired) electrons. The molecule has 8 heteroatoms. The lowest BCUT2D eigenvalue weighted by atomic mass is 9.72. The Morgan fingerprint density at radius 2 is 2.18 bits per heavy atom. The van der Waals surface area contributed by atoms with Crippen LogP contribution in [-0.2, 0) is 22.6 Å². The zero-order valence-corrected chi connectivity index (χ0v) is 15.6. The highest BCUT2D eigenvalue weighted by molar-refractivity contribution is 6.31. The SMILES string of the molecule is N#CCC[C@@]1(O)CC[C@@](F)(C(=O)NCc2ccc(F)cc2Cl)c2cccnc21. The number of nitrogens with one attached hydrogen (secondary N) is 1. The van der Waals surface area contributed by atoms with Gasteiger partial charge in [0.15, 0.2) is 0 Å². The number of halogens is 3. The van der Waals surface area contributed by atoms with Gasteiger partial charge in [0.1, 0.15) is 11.4 Å². The van der Waals surface area contributed by atoms with Crippen LogP contribution in [0.4, 0.5) is 8.78 Å². The standard InChI is InChI=1S/C20H18ClF2N3O2/c21-16-11-14(22)5-4-13(16)12-26-18(27)20(23)8-7-19(28,6-2-9-24)17-15(20)3-1-10-25-17/h1,3-5,10-11,28H,2,6-8,12H2,(H,26,27)/t19-,20+/m1/s1. The first-order chi connectivity index (χ1) is 13.3. The van der Waals surface area contributed by atoms with Gasteiger partial charge in [-0.2, -0.15) is 5.26 Å². The second kappa shape index (κ2) is 7.82. The van der Waals surface area contributed by atoms with Crippen molar-refractivity contribution in [3.05, 3.63) is 64.2 Å². The molecule has 0 fully saturated rings. The number of hydrogen-bond donors (Lipinski definition) is 2. The quantitative estimate of drug-likeness (QED) is 0.795. The summed E-state index contributed by atoms with van der Waals surface area (Å²) >= 11 is 5.95. The summed E-state index contributed by atoms with van der Waals surface area (Å²) in [6.45, 7) is -0.0715. The van der Waals surface area contributed by atoms with E-state index in [0.29, 0.717) is 5.56 Å². The third-order valence-electron chi connectivity index (χ3n) is 5.02. The van der Waals surface area contributed by atoms with Gasteiger partial charge in [-0.15, -0.1) is 0 Å². The van der Waals surface area contributed by atoms with E-state index < -0.39 is 23.0 Å². The van der Waals surface area contributed by atoms with Gasteiger partial charge in [-0.1, -0.05) is 23.7 Å². The minimum atomic E-state index is -2.38. The van der Waals surface area contributed by atoms with Crippen molar-refractivity contribution in [3.8, 4) is 6.07 Å². The second-order valence-electron chi connectivity index (χ2n) is 6.81. The van der Waals surface area contributed by atoms with Crippen LogP contribution in [0, 0.1) is 17.1 Å². The number of pyridine rings is 1. The maximum atomic E-state index is 15.8. The van der Waals surface area contributed by atoms with E-state index in [0.717, 1.165) is 6.07 Å². The van der Waals surface area contributed by atoms with Crippen molar-refractivity contribution in [2.75, 3.05) is 0 Å². The molecule has 0 bridgehead atoms. The van der Waals surface area contributed by atoms with Gasteiger partial charge in [0.05, 0.1) is 11.8 Å². The maximum absolute atomic E-state index is 15.8. The number of nitrogens with zero attached hydrogens (tertiary/aromatic N) is 2. The molecule has 0 saturated heterocycles. The Morgan fingerprint density at radius 1 is 1.39 bits per heavy atom. The smallest absolute Gasteiger partial charge is 0.262 e. The van der Waals surface area contributed by atoms with E-state index in [1.807, 2.05) is 6.07 Å². The summed E-state index contributed by atoms with van der Waals surface area (Å²) < 4.78 is 28.9. The second-order valence-corrected chi connectivity index (χ2v) is 7.22.